The Kier molecular flexibility index (Phi) is 3.34. The summed E-state index contributed by atoms with van der Waals surface area (Å²) in [7, 11) is 0. The highest BCUT2D eigenvalue weighted by molar-refractivity contribution is 5.69. The quantitative estimate of drug-likeness (QED) is 0.716. The fourth-order valence-electron chi connectivity index (χ4n) is 2.61. The third kappa shape index (κ3) is 2.45. The molecule has 1 aliphatic rings. The molecule has 0 unspecified atom stereocenters. The average Bonchev–Trinajstić information content (AvgIpc) is 2.03. The van der Waals surface area contributed by atoms with Gasteiger partial charge in [-0.3, -0.25) is 4.79 Å². The number of carboxylic acid groups (broad SMARTS) is 1. The molecular weight excluding hydrogens is 164 g/mol. The Bertz CT molecular complexity index is 189. The lowest BCUT2D eigenvalue weighted by molar-refractivity contribution is -0.144. The first-order valence-electron chi connectivity index (χ1n) is 5.25. The Morgan fingerprint density at radius 2 is 2.00 bits per heavy atom. The van der Waals surface area contributed by atoms with E-state index in [0.717, 1.165) is 12.3 Å². The number of carboxylic acids is 1. The minimum Gasteiger partial charge on any atom is -0.481 e. The first-order valence-corrected chi connectivity index (χ1v) is 5.25. The van der Waals surface area contributed by atoms with E-state index in [1.165, 1.54) is 12.8 Å². The average molecular weight is 184 g/mol. The van der Waals surface area contributed by atoms with Gasteiger partial charge in [-0.05, 0) is 30.6 Å². The van der Waals surface area contributed by atoms with Crippen LogP contribution in [-0.4, -0.2) is 11.1 Å². The van der Waals surface area contributed by atoms with Crippen molar-refractivity contribution in [2.45, 2.75) is 40.0 Å². The van der Waals surface area contributed by atoms with Crippen LogP contribution in [-0.2, 0) is 4.79 Å². The first kappa shape index (κ1) is 10.6. The molecule has 0 radical (unpaired) electrons. The smallest absolute Gasteiger partial charge is 0.306 e. The Morgan fingerprint density at radius 3 is 2.46 bits per heavy atom. The van der Waals surface area contributed by atoms with Gasteiger partial charge < -0.3 is 5.11 Å². The minimum absolute atomic E-state index is 0.164. The van der Waals surface area contributed by atoms with Gasteiger partial charge in [-0.1, -0.05) is 27.2 Å². The molecule has 0 amide bonds. The second kappa shape index (κ2) is 4.12. The van der Waals surface area contributed by atoms with Crippen molar-refractivity contribution < 1.29 is 9.90 Å². The molecule has 4 atom stereocenters. The highest BCUT2D eigenvalue weighted by Gasteiger charge is 2.32. The summed E-state index contributed by atoms with van der Waals surface area (Å²) >= 11 is 0. The third-order valence-corrected chi connectivity index (χ3v) is 3.53. The molecule has 1 fully saturated rings. The van der Waals surface area contributed by atoms with Crippen molar-refractivity contribution in [3.63, 3.8) is 0 Å². The van der Waals surface area contributed by atoms with Crippen LogP contribution < -0.4 is 0 Å². The van der Waals surface area contributed by atoms with Gasteiger partial charge in [0.25, 0.3) is 0 Å². The van der Waals surface area contributed by atoms with Gasteiger partial charge in [-0.15, -0.1) is 0 Å². The van der Waals surface area contributed by atoms with Crippen molar-refractivity contribution in [3.8, 4) is 0 Å². The number of carbonyl (C=O) groups is 1. The number of hydrogen-bond donors (Lipinski definition) is 1. The van der Waals surface area contributed by atoms with E-state index >= 15 is 0 Å². The normalized spacial score (nSPS) is 37.0. The summed E-state index contributed by atoms with van der Waals surface area (Å²) in [5.41, 5.74) is 0. The highest BCUT2D eigenvalue weighted by atomic mass is 16.4. The van der Waals surface area contributed by atoms with Gasteiger partial charge in [0.2, 0.25) is 0 Å². The zero-order valence-corrected chi connectivity index (χ0v) is 8.79. The van der Waals surface area contributed by atoms with Crippen LogP contribution in [0.25, 0.3) is 0 Å². The molecule has 0 aromatic heterocycles. The highest BCUT2D eigenvalue weighted by Crippen LogP contribution is 2.37. The second-order valence-corrected chi connectivity index (χ2v) is 4.69. The number of hydrogen-bond acceptors (Lipinski definition) is 1. The SMILES string of the molecule is C[C@@H]1CC[C@@H]([C@@H](C)C(=O)O)[C@H](C)C1. The molecule has 1 saturated carbocycles. The van der Waals surface area contributed by atoms with Crippen molar-refractivity contribution >= 4 is 5.97 Å². The van der Waals surface area contributed by atoms with Crippen molar-refractivity contribution in [2.75, 3.05) is 0 Å². The molecule has 13 heavy (non-hydrogen) atoms. The van der Waals surface area contributed by atoms with E-state index in [-0.39, 0.29) is 5.92 Å². The lowest BCUT2D eigenvalue weighted by Crippen LogP contribution is -2.30. The van der Waals surface area contributed by atoms with Crippen LogP contribution in [0, 0.1) is 23.7 Å². The van der Waals surface area contributed by atoms with Crippen LogP contribution in [0.2, 0.25) is 0 Å². The Labute approximate surface area is 80.3 Å². The third-order valence-electron chi connectivity index (χ3n) is 3.53. The van der Waals surface area contributed by atoms with Gasteiger partial charge in [0.05, 0.1) is 5.92 Å². The van der Waals surface area contributed by atoms with Gasteiger partial charge in [-0.25, -0.2) is 0 Å². The summed E-state index contributed by atoms with van der Waals surface area (Å²) in [4.78, 5) is 10.8. The number of aliphatic carboxylic acids is 1. The van der Waals surface area contributed by atoms with E-state index in [0.29, 0.717) is 11.8 Å². The van der Waals surface area contributed by atoms with Crippen LogP contribution in [0.15, 0.2) is 0 Å². The molecule has 76 valence electrons. The van der Waals surface area contributed by atoms with E-state index in [1.54, 1.807) is 0 Å². The van der Waals surface area contributed by atoms with Crippen LogP contribution in [0.1, 0.15) is 40.0 Å². The summed E-state index contributed by atoms with van der Waals surface area (Å²) in [6.45, 7) is 6.30. The molecule has 0 heterocycles. The molecule has 0 spiro atoms. The summed E-state index contributed by atoms with van der Waals surface area (Å²) < 4.78 is 0. The molecule has 2 heteroatoms. The van der Waals surface area contributed by atoms with Crippen LogP contribution in [0.4, 0.5) is 0 Å². The molecule has 2 nitrogen and oxygen atoms in total. The van der Waals surface area contributed by atoms with Gasteiger partial charge in [-0.2, -0.15) is 0 Å². The summed E-state index contributed by atoms with van der Waals surface area (Å²) in [5.74, 6) is 0.963. The van der Waals surface area contributed by atoms with Gasteiger partial charge in [0.15, 0.2) is 0 Å². The minimum atomic E-state index is -0.633. The lowest BCUT2D eigenvalue weighted by atomic mass is 9.70. The predicted octanol–water partition coefficient (Wildman–Crippen LogP) is 2.78. The standard InChI is InChI=1S/C11H20O2/c1-7-4-5-10(8(2)6-7)9(3)11(12)13/h7-10H,4-6H2,1-3H3,(H,12,13)/t7-,8-,9-,10-/m1/s1. The lowest BCUT2D eigenvalue weighted by Gasteiger charge is -2.34. The molecular formula is C11H20O2. The Hall–Kier alpha value is -0.530. The molecule has 1 aliphatic carbocycles. The van der Waals surface area contributed by atoms with Gasteiger partial charge in [0.1, 0.15) is 0 Å². The fraction of sp³-hybridized carbons (Fsp3) is 0.909. The Balaban J connectivity index is 2.55. The van der Waals surface area contributed by atoms with E-state index in [2.05, 4.69) is 13.8 Å². The van der Waals surface area contributed by atoms with Crippen molar-refractivity contribution in [1.29, 1.82) is 0 Å². The zero-order valence-electron chi connectivity index (χ0n) is 8.79. The second-order valence-electron chi connectivity index (χ2n) is 4.69. The first-order chi connectivity index (χ1) is 6.02. The van der Waals surface area contributed by atoms with Crippen LogP contribution in [0.5, 0.6) is 0 Å². The monoisotopic (exact) mass is 184 g/mol. The van der Waals surface area contributed by atoms with Crippen LogP contribution >= 0.6 is 0 Å². The van der Waals surface area contributed by atoms with E-state index in [1.807, 2.05) is 6.92 Å². The molecule has 0 aromatic rings. The maximum atomic E-state index is 10.8. The molecule has 1 rings (SSSR count). The van der Waals surface area contributed by atoms with Gasteiger partial charge in [0, 0.05) is 0 Å². The molecule has 0 aliphatic heterocycles. The predicted molar refractivity (Wildman–Crippen MR) is 52.5 cm³/mol. The molecule has 0 bridgehead atoms. The molecule has 1 N–H and O–H groups in total. The van der Waals surface area contributed by atoms with E-state index < -0.39 is 5.97 Å². The van der Waals surface area contributed by atoms with Crippen molar-refractivity contribution in [2.24, 2.45) is 23.7 Å². The van der Waals surface area contributed by atoms with Crippen LogP contribution in [0.3, 0.4) is 0 Å². The van der Waals surface area contributed by atoms with E-state index in [9.17, 15) is 4.79 Å². The summed E-state index contributed by atoms with van der Waals surface area (Å²) in [5, 5.41) is 8.92. The topological polar surface area (TPSA) is 37.3 Å². The maximum absolute atomic E-state index is 10.8. The maximum Gasteiger partial charge on any atom is 0.306 e. The van der Waals surface area contributed by atoms with E-state index in [4.69, 9.17) is 5.11 Å². The largest absolute Gasteiger partial charge is 0.481 e. The Morgan fingerprint density at radius 1 is 1.38 bits per heavy atom. The van der Waals surface area contributed by atoms with Gasteiger partial charge >= 0.3 is 5.97 Å². The zero-order chi connectivity index (χ0) is 10.0. The summed E-state index contributed by atoms with van der Waals surface area (Å²) in [6.07, 6.45) is 3.49. The van der Waals surface area contributed by atoms with Crippen molar-refractivity contribution in [1.82, 2.24) is 0 Å². The molecule has 0 aromatic carbocycles. The summed E-state index contributed by atoms with van der Waals surface area (Å²) in [6, 6.07) is 0. The van der Waals surface area contributed by atoms with Crippen molar-refractivity contribution in [3.05, 3.63) is 0 Å². The fourth-order valence-corrected chi connectivity index (χ4v) is 2.61. The number of rotatable bonds is 2. The molecule has 0 saturated heterocycles.